The first-order valence-corrected chi connectivity index (χ1v) is 8.16. The maximum atomic E-state index is 5.86. The molecule has 0 amide bonds. The molecular weight excluding hydrogens is 236 g/mol. The van der Waals surface area contributed by atoms with Crippen molar-refractivity contribution in [1.29, 1.82) is 0 Å². The lowest BCUT2D eigenvalue weighted by Crippen LogP contribution is -2.66. The van der Waals surface area contributed by atoms with Gasteiger partial charge in [0, 0.05) is 30.5 Å². The Hall–Kier alpha value is -0.120. The smallest absolute Gasteiger partial charge is 0.0685 e. The van der Waals surface area contributed by atoms with Crippen LogP contribution in [-0.2, 0) is 4.74 Å². The summed E-state index contributed by atoms with van der Waals surface area (Å²) < 4.78 is 5.86. The van der Waals surface area contributed by atoms with Gasteiger partial charge in [-0.2, -0.15) is 0 Å². The highest BCUT2D eigenvalue weighted by molar-refractivity contribution is 5.11. The molecule has 2 aliphatic heterocycles. The third-order valence-electron chi connectivity index (χ3n) is 5.56. The lowest BCUT2D eigenvalue weighted by atomic mass is 9.57. The van der Waals surface area contributed by atoms with Crippen LogP contribution in [0.25, 0.3) is 0 Å². The fourth-order valence-corrected chi connectivity index (χ4v) is 4.54. The minimum absolute atomic E-state index is 0.328. The van der Waals surface area contributed by atoms with E-state index in [9.17, 15) is 0 Å². The predicted octanol–water partition coefficient (Wildman–Crippen LogP) is 2.12. The highest BCUT2D eigenvalue weighted by Crippen LogP contribution is 2.52. The summed E-state index contributed by atoms with van der Waals surface area (Å²) in [7, 11) is 0. The second-order valence-electron chi connectivity index (χ2n) is 7.56. The second kappa shape index (κ2) is 5.34. The summed E-state index contributed by atoms with van der Waals surface area (Å²) in [6.45, 7) is 13.2. The Labute approximate surface area is 118 Å². The van der Waals surface area contributed by atoms with E-state index >= 15 is 0 Å². The van der Waals surface area contributed by atoms with Gasteiger partial charge >= 0.3 is 0 Å². The molecule has 3 aliphatic rings. The predicted molar refractivity (Wildman–Crippen MR) is 78.3 cm³/mol. The van der Waals surface area contributed by atoms with Crippen LogP contribution in [0.4, 0.5) is 0 Å². The van der Waals surface area contributed by atoms with Crippen LogP contribution in [-0.4, -0.2) is 49.8 Å². The summed E-state index contributed by atoms with van der Waals surface area (Å²) in [4.78, 5) is 2.62. The lowest BCUT2D eigenvalue weighted by Gasteiger charge is -2.55. The van der Waals surface area contributed by atoms with Gasteiger partial charge in [-0.1, -0.05) is 20.8 Å². The van der Waals surface area contributed by atoms with Gasteiger partial charge in [0.25, 0.3) is 0 Å². The minimum atomic E-state index is 0.328. The maximum absolute atomic E-state index is 5.86. The van der Waals surface area contributed by atoms with Crippen LogP contribution in [0.5, 0.6) is 0 Å². The number of fused-ring (bicyclic) bond motifs is 1. The molecule has 0 radical (unpaired) electrons. The summed E-state index contributed by atoms with van der Waals surface area (Å²) in [5.41, 5.74) is 0.328. The van der Waals surface area contributed by atoms with Crippen LogP contribution >= 0.6 is 0 Å². The molecule has 2 heterocycles. The van der Waals surface area contributed by atoms with Gasteiger partial charge in [-0.25, -0.2) is 0 Å². The number of nitrogens with one attached hydrogen (secondary N) is 1. The highest BCUT2D eigenvalue weighted by atomic mass is 16.5. The Kier molecular flexibility index (Phi) is 3.89. The van der Waals surface area contributed by atoms with Crippen molar-refractivity contribution in [3.05, 3.63) is 0 Å². The molecule has 2 saturated heterocycles. The fourth-order valence-electron chi connectivity index (χ4n) is 4.54. The molecule has 110 valence electrons. The zero-order valence-electron chi connectivity index (χ0n) is 12.8. The van der Waals surface area contributed by atoms with Gasteiger partial charge in [0.15, 0.2) is 0 Å². The molecular formula is C16H30N2O. The molecule has 3 fully saturated rings. The number of likely N-dealkylation sites (tertiary alicyclic amines) is 1. The van der Waals surface area contributed by atoms with Crippen molar-refractivity contribution < 1.29 is 4.74 Å². The number of ether oxygens (including phenoxy) is 1. The van der Waals surface area contributed by atoms with Gasteiger partial charge in [-0.05, 0) is 44.8 Å². The normalized spacial score (nSPS) is 39.0. The fraction of sp³-hybridized carbons (Fsp3) is 1.00. The molecule has 0 aromatic rings. The Morgan fingerprint density at radius 1 is 1.32 bits per heavy atom. The molecule has 3 rings (SSSR count). The number of rotatable bonds is 5. The summed E-state index contributed by atoms with van der Waals surface area (Å²) in [6.07, 6.45) is 4.57. The Morgan fingerprint density at radius 3 is 2.79 bits per heavy atom. The lowest BCUT2D eigenvalue weighted by molar-refractivity contribution is -0.113. The zero-order chi connectivity index (χ0) is 13.5. The standard InChI is InChI=1S/C16H30N2O/c1-12(11-18-7-4-5-8-18)10-17-14-13-6-9-19-15(13)16(14,2)3/h12-15,17H,4-11H2,1-3H3. The van der Waals surface area contributed by atoms with E-state index in [2.05, 4.69) is 31.0 Å². The number of hydrogen-bond donors (Lipinski definition) is 1. The number of nitrogens with zero attached hydrogens (tertiary/aromatic N) is 1. The summed E-state index contributed by atoms with van der Waals surface area (Å²) in [5, 5.41) is 3.85. The maximum Gasteiger partial charge on any atom is 0.0685 e. The van der Waals surface area contributed by atoms with Crippen molar-refractivity contribution in [2.24, 2.45) is 17.3 Å². The van der Waals surface area contributed by atoms with E-state index in [1.165, 1.54) is 38.9 Å². The van der Waals surface area contributed by atoms with Crippen LogP contribution in [0.15, 0.2) is 0 Å². The quantitative estimate of drug-likeness (QED) is 0.825. The molecule has 3 nitrogen and oxygen atoms in total. The third-order valence-corrected chi connectivity index (χ3v) is 5.56. The van der Waals surface area contributed by atoms with Crippen molar-refractivity contribution in [3.8, 4) is 0 Å². The van der Waals surface area contributed by atoms with E-state index in [0.29, 0.717) is 17.6 Å². The van der Waals surface area contributed by atoms with Gasteiger partial charge in [0.2, 0.25) is 0 Å². The second-order valence-corrected chi connectivity index (χ2v) is 7.56. The summed E-state index contributed by atoms with van der Waals surface area (Å²) >= 11 is 0. The molecule has 1 aliphatic carbocycles. The molecule has 1 N–H and O–H groups in total. The van der Waals surface area contributed by atoms with Crippen LogP contribution in [0.2, 0.25) is 0 Å². The Balaban J connectivity index is 1.44. The SMILES string of the molecule is CC(CNC1C2CCOC2C1(C)C)CN1CCCC1. The molecule has 0 spiro atoms. The van der Waals surface area contributed by atoms with Crippen molar-refractivity contribution in [1.82, 2.24) is 10.2 Å². The van der Waals surface area contributed by atoms with Crippen molar-refractivity contribution in [2.75, 3.05) is 32.8 Å². The average molecular weight is 266 g/mol. The molecule has 19 heavy (non-hydrogen) atoms. The third kappa shape index (κ3) is 2.57. The van der Waals surface area contributed by atoms with Crippen LogP contribution in [0, 0.1) is 17.3 Å². The van der Waals surface area contributed by atoms with Crippen molar-refractivity contribution in [2.45, 2.75) is 52.2 Å². The van der Waals surface area contributed by atoms with Crippen molar-refractivity contribution in [3.63, 3.8) is 0 Å². The Morgan fingerprint density at radius 2 is 2.05 bits per heavy atom. The molecule has 4 atom stereocenters. The zero-order valence-corrected chi connectivity index (χ0v) is 12.8. The largest absolute Gasteiger partial charge is 0.377 e. The van der Waals surface area contributed by atoms with Crippen LogP contribution in [0.3, 0.4) is 0 Å². The molecule has 0 aromatic heterocycles. The van der Waals surface area contributed by atoms with Crippen molar-refractivity contribution >= 4 is 0 Å². The summed E-state index contributed by atoms with van der Waals surface area (Å²) in [6, 6.07) is 0.668. The van der Waals surface area contributed by atoms with Gasteiger partial charge < -0.3 is 15.0 Å². The van der Waals surface area contributed by atoms with E-state index in [1.807, 2.05) is 0 Å². The molecule has 4 unspecified atom stereocenters. The topological polar surface area (TPSA) is 24.5 Å². The summed E-state index contributed by atoms with van der Waals surface area (Å²) in [5.74, 6) is 1.53. The highest BCUT2D eigenvalue weighted by Gasteiger charge is 2.58. The minimum Gasteiger partial charge on any atom is -0.377 e. The van der Waals surface area contributed by atoms with Gasteiger partial charge in [0.05, 0.1) is 6.10 Å². The van der Waals surface area contributed by atoms with Crippen LogP contribution < -0.4 is 5.32 Å². The van der Waals surface area contributed by atoms with E-state index in [-0.39, 0.29) is 0 Å². The molecule has 1 saturated carbocycles. The first-order valence-electron chi connectivity index (χ1n) is 8.16. The Bertz CT molecular complexity index is 312. The first kappa shape index (κ1) is 13.8. The van der Waals surface area contributed by atoms with Gasteiger partial charge in [-0.3, -0.25) is 0 Å². The molecule has 3 heteroatoms. The molecule has 0 bridgehead atoms. The van der Waals surface area contributed by atoms with Gasteiger partial charge in [0.1, 0.15) is 0 Å². The van der Waals surface area contributed by atoms with E-state index in [1.54, 1.807) is 0 Å². The number of hydrogen-bond acceptors (Lipinski definition) is 3. The van der Waals surface area contributed by atoms with E-state index in [4.69, 9.17) is 4.74 Å². The van der Waals surface area contributed by atoms with Crippen LogP contribution in [0.1, 0.15) is 40.0 Å². The van der Waals surface area contributed by atoms with E-state index in [0.717, 1.165) is 25.0 Å². The van der Waals surface area contributed by atoms with Gasteiger partial charge in [-0.15, -0.1) is 0 Å². The first-order chi connectivity index (χ1) is 9.09. The monoisotopic (exact) mass is 266 g/mol. The van der Waals surface area contributed by atoms with E-state index < -0.39 is 0 Å². The molecule has 0 aromatic carbocycles. The average Bonchev–Trinajstić information content (AvgIpc) is 2.98.